The summed E-state index contributed by atoms with van der Waals surface area (Å²) in [4.78, 5) is 11.4. The van der Waals surface area contributed by atoms with E-state index >= 15 is 0 Å². The van der Waals surface area contributed by atoms with E-state index in [1.807, 2.05) is 0 Å². The second kappa shape index (κ2) is 5.98. The van der Waals surface area contributed by atoms with Gasteiger partial charge in [0.05, 0.1) is 0 Å². The molecule has 0 aromatic rings. The highest BCUT2D eigenvalue weighted by molar-refractivity contribution is 5.75. The summed E-state index contributed by atoms with van der Waals surface area (Å²) in [6, 6.07) is -0.481. The molecule has 0 bridgehead atoms. The normalized spacial score (nSPS) is 18.7. The van der Waals surface area contributed by atoms with Crippen LogP contribution in [0.1, 0.15) is 32.1 Å². The third kappa shape index (κ3) is 3.64. The summed E-state index contributed by atoms with van der Waals surface area (Å²) in [6.45, 7) is 0.643. The largest absolute Gasteiger partial charge is 0.461 e. The van der Waals surface area contributed by atoms with Crippen molar-refractivity contribution in [1.29, 1.82) is 0 Å². The average Bonchev–Trinajstić information content (AvgIpc) is 2.11. The van der Waals surface area contributed by atoms with Crippen molar-refractivity contribution in [3.63, 3.8) is 0 Å². The number of hydrogen-bond acceptors (Lipinski definition) is 4. The van der Waals surface area contributed by atoms with Crippen LogP contribution in [-0.2, 0) is 14.3 Å². The van der Waals surface area contributed by atoms with Crippen molar-refractivity contribution in [3.05, 3.63) is 0 Å². The van der Waals surface area contributed by atoms with E-state index in [1.54, 1.807) is 7.11 Å². The molecule has 0 spiro atoms. The zero-order valence-corrected chi connectivity index (χ0v) is 8.70. The van der Waals surface area contributed by atoms with Crippen LogP contribution in [0.2, 0.25) is 0 Å². The molecule has 0 radical (unpaired) electrons. The number of ether oxygens (including phenoxy) is 2. The molecule has 82 valence electrons. The highest BCUT2D eigenvalue weighted by Gasteiger charge is 2.24. The standard InChI is InChI=1S/C10H19NO3/c1-13-7-3-6-9(11)10(12)14-8-4-2-5-8/h8-9H,2-7,11H2,1H3. The summed E-state index contributed by atoms with van der Waals surface area (Å²) in [5, 5.41) is 0. The molecule has 0 aromatic heterocycles. The van der Waals surface area contributed by atoms with Gasteiger partial charge in [-0.3, -0.25) is 4.79 Å². The van der Waals surface area contributed by atoms with E-state index in [2.05, 4.69) is 0 Å². The Balaban J connectivity index is 2.08. The van der Waals surface area contributed by atoms with Crippen molar-refractivity contribution in [2.24, 2.45) is 5.73 Å². The summed E-state index contributed by atoms with van der Waals surface area (Å²) >= 11 is 0. The maximum atomic E-state index is 11.4. The number of methoxy groups -OCH3 is 1. The van der Waals surface area contributed by atoms with E-state index in [4.69, 9.17) is 15.2 Å². The molecule has 1 fully saturated rings. The second-order valence-electron chi connectivity index (χ2n) is 3.73. The van der Waals surface area contributed by atoms with E-state index in [-0.39, 0.29) is 12.1 Å². The minimum atomic E-state index is -0.481. The maximum Gasteiger partial charge on any atom is 0.323 e. The zero-order chi connectivity index (χ0) is 10.4. The van der Waals surface area contributed by atoms with Crippen molar-refractivity contribution in [1.82, 2.24) is 0 Å². The molecule has 1 unspecified atom stereocenters. The van der Waals surface area contributed by atoms with Gasteiger partial charge in [0.1, 0.15) is 12.1 Å². The van der Waals surface area contributed by atoms with E-state index in [1.165, 1.54) is 0 Å². The lowest BCUT2D eigenvalue weighted by Gasteiger charge is -2.26. The molecule has 0 heterocycles. The van der Waals surface area contributed by atoms with Gasteiger partial charge < -0.3 is 15.2 Å². The van der Waals surface area contributed by atoms with Crippen LogP contribution < -0.4 is 5.73 Å². The number of rotatable bonds is 6. The molecule has 14 heavy (non-hydrogen) atoms. The molecule has 0 amide bonds. The van der Waals surface area contributed by atoms with Crippen LogP contribution in [0.5, 0.6) is 0 Å². The second-order valence-corrected chi connectivity index (χ2v) is 3.73. The highest BCUT2D eigenvalue weighted by Crippen LogP contribution is 2.22. The Kier molecular flexibility index (Phi) is 4.90. The molecule has 1 aliphatic carbocycles. The average molecular weight is 201 g/mol. The molecule has 0 aromatic carbocycles. The molecule has 1 aliphatic rings. The first kappa shape index (κ1) is 11.5. The van der Waals surface area contributed by atoms with Gasteiger partial charge in [-0.2, -0.15) is 0 Å². The van der Waals surface area contributed by atoms with Crippen LogP contribution in [0, 0.1) is 0 Å². The Bertz CT molecular complexity index is 180. The van der Waals surface area contributed by atoms with E-state index in [0.29, 0.717) is 13.0 Å². The Hall–Kier alpha value is -0.610. The van der Waals surface area contributed by atoms with Gasteiger partial charge in [0, 0.05) is 13.7 Å². The van der Waals surface area contributed by atoms with E-state index in [9.17, 15) is 4.79 Å². The predicted octanol–water partition coefficient (Wildman–Crippen LogP) is 0.836. The molecule has 4 heteroatoms. The fourth-order valence-electron chi connectivity index (χ4n) is 1.31. The molecule has 0 saturated heterocycles. The molecular formula is C10H19NO3. The first-order valence-corrected chi connectivity index (χ1v) is 5.19. The number of carbonyl (C=O) groups excluding carboxylic acids is 1. The quantitative estimate of drug-likeness (QED) is 0.511. The van der Waals surface area contributed by atoms with E-state index in [0.717, 1.165) is 25.7 Å². The van der Waals surface area contributed by atoms with Crippen LogP contribution in [0.25, 0.3) is 0 Å². The molecular weight excluding hydrogens is 182 g/mol. The maximum absolute atomic E-state index is 11.4. The molecule has 1 atom stereocenters. The third-order valence-corrected chi connectivity index (χ3v) is 2.50. The van der Waals surface area contributed by atoms with E-state index < -0.39 is 6.04 Å². The Morgan fingerprint density at radius 2 is 2.29 bits per heavy atom. The van der Waals surface area contributed by atoms with Gasteiger partial charge in [0.15, 0.2) is 0 Å². The molecule has 0 aliphatic heterocycles. The fourth-order valence-corrected chi connectivity index (χ4v) is 1.31. The summed E-state index contributed by atoms with van der Waals surface area (Å²) in [7, 11) is 1.64. The van der Waals surface area contributed by atoms with Crippen LogP contribution in [-0.4, -0.2) is 31.8 Å². The number of hydrogen-bond donors (Lipinski definition) is 1. The topological polar surface area (TPSA) is 61.5 Å². The number of nitrogens with two attached hydrogens (primary N) is 1. The number of esters is 1. The van der Waals surface area contributed by atoms with Crippen molar-refractivity contribution in [2.75, 3.05) is 13.7 Å². The van der Waals surface area contributed by atoms with Gasteiger partial charge in [-0.25, -0.2) is 0 Å². The van der Waals surface area contributed by atoms with Crippen molar-refractivity contribution in [3.8, 4) is 0 Å². The molecule has 4 nitrogen and oxygen atoms in total. The minimum Gasteiger partial charge on any atom is -0.461 e. The van der Waals surface area contributed by atoms with Crippen LogP contribution >= 0.6 is 0 Å². The monoisotopic (exact) mass is 201 g/mol. The van der Waals surface area contributed by atoms with Gasteiger partial charge in [0.25, 0.3) is 0 Å². The Morgan fingerprint density at radius 1 is 1.57 bits per heavy atom. The summed E-state index contributed by atoms with van der Waals surface area (Å²) in [6.07, 6.45) is 4.73. The molecule has 1 rings (SSSR count). The number of carbonyl (C=O) groups is 1. The van der Waals surface area contributed by atoms with Crippen molar-refractivity contribution >= 4 is 5.97 Å². The first-order valence-electron chi connectivity index (χ1n) is 5.19. The van der Waals surface area contributed by atoms with Gasteiger partial charge in [-0.15, -0.1) is 0 Å². The van der Waals surface area contributed by atoms with Gasteiger partial charge >= 0.3 is 5.97 Å². The predicted molar refractivity (Wildman–Crippen MR) is 52.8 cm³/mol. The lowest BCUT2D eigenvalue weighted by molar-refractivity contribution is -0.154. The Labute approximate surface area is 84.7 Å². The fraction of sp³-hybridized carbons (Fsp3) is 0.900. The summed E-state index contributed by atoms with van der Waals surface area (Å²) < 4.78 is 10.1. The van der Waals surface area contributed by atoms with Gasteiger partial charge in [-0.05, 0) is 32.1 Å². The van der Waals surface area contributed by atoms with Crippen LogP contribution in [0.3, 0.4) is 0 Å². The van der Waals surface area contributed by atoms with Gasteiger partial charge in [-0.1, -0.05) is 0 Å². The summed E-state index contributed by atoms with van der Waals surface area (Å²) in [5.74, 6) is -0.259. The Morgan fingerprint density at radius 3 is 2.79 bits per heavy atom. The molecule has 2 N–H and O–H groups in total. The summed E-state index contributed by atoms with van der Waals surface area (Å²) in [5.41, 5.74) is 5.65. The first-order chi connectivity index (χ1) is 6.74. The zero-order valence-electron chi connectivity index (χ0n) is 8.70. The minimum absolute atomic E-state index is 0.135. The van der Waals surface area contributed by atoms with Crippen LogP contribution in [0.15, 0.2) is 0 Å². The highest BCUT2D eigenvalue weighted by atomic mass is 16.5. The van der Waals surface area contributed by atoms with Crippen molar-refractivity contribution in [2.45, 2.75) is 44.2 Å². The molecule has 1 saturated carbocycles. The SMILES string of the molecule is COCCCC(N)C(=O)OC1CCC1. The van der Waals surface area contributed by atoms with Gasteiger partial charge in [0.2, 0.25) is 0 Å². The lowest BCUT2D eigenvalue weighted by Crippen LogP contribution is -2.37. The smallest absolute Gasteiger partial charge is 0.323 e. The van der Waals surface area contributed by atoms with Crippen LogP contribution in [0.4, 0.5) is 0 Å². The van der Waals surface area contributed by atoms with Crippen molar-refractivity contribution < 1.29 is 14.3 Å². The lowest BCUT2D eigenvalue weighted by atomic mass is 9.96. The third-order valence-electron chi connectivity index (χ3n) is 2.50.